The third kappa shape index (κ3) is 4.49. The Morgan fingerprint density at radius 1 is 0.321 bits per heavy atom. The molecule has 12 rings (SSSR count). The van der Waals surface area contributed by atoms with Crippen LogP contribution >= 0.6 is 0 Å². The Hall–Kier alpha value is -7.49. The average Bonchev–Trinajstić information content (AvgIpc) is 3.84. The molecule has 10 aromatic carbocycles. The second kappa shape index (κ2) is 12.0. The summed E-state index contributed by atoms with van der Waals surface area (Å²) in [6, 6.07) is 72.6. The summed E-state index contributed by atoms with van der Waals surface area (Å²) in [4.78, 5) is 5.53. The molecule has 0 fully saturated rings. The highest BCUT2D eigenvalue weighted by atomic mass is 15.1. The van der Waals surface area contributed by atoms with Crippen molar-refractivity contribution < 1.29 is 0 Å². The Morgan fingerprint density at radius 3 is 1.62 bits per heavy atom. The van der Waals surface area contributed by atoms with Gasteiger partial charge in [-0.3, -0.25) is 4.57 Å². The molecule has 0 aliphatic heterocycles. The largest absolute Gasteiger partial charge is 0.309 e. The van der Waals surface area contributed by atoms with Crippen molar-refractivity contribution >= 4 is 75.9 Å². The van der Waals surface area contributed by atoms with Gasteiger partial charge >= 0.3 is 0 Å². The second-order valence-electron chi connectivity index (χ2n) is 14.7. The summed E-state index contributed by atoms with van der Waals surface area (Å²) in [5, 5.41) is 12.5. The van der Waals surface area contributed by atoms with E-state index >= 15 is 0 Å². The van der Waals surface area contributed by atoms with Crippen molar-refractivity contribution in [1.29, 1.82) is 0 Å². The summed E-state index contributed by atoms with van der Waals surface area (Å²) in [7, 11) is 0. The van der Waals surface area contributed by atoms with Crippen LogP contribution in [0.25, 0.3) is 110 Å². The highest BCUT2D eigenvalue weighted by Gasteiger charge is 2.22. The molecule has 0 saturated carbocycles. The number of rotatable bonds is 4. The third-order valence-corrected chi connectivity index (χ3v) is 11.7. The Morgan fingerprint density at radius 2 is 0.875 bits per heavy atom. The molecule has 56 heavy (non-hydrogen) atoms. The maximum atomic E-state index is 5.53. The molecule has 0 aliphatic rings. The fourth-order valence-corrected chi connectivity index (χ4v) is 9.20. The number of nitrogens with zero attached hydrogens (tertiary/aromatic N) is 3. The first-order chi connectivity index (χ1) is 27.8. The Kier molecular flexibility index (Phi) is 6.63. The molecule has 0 N–H and O–H groups in total. The van der Waals surface area contributed by atoms with Gasteiger partial charge in [0, 0.05) is 33.1 Å². The summed E-state index contributed by atoms with van der Waals surface area (Å²) < 4.78 is 4.77. The van der Waals surface area contributed by atoms with E-state index in [1.807, 2.05) is 0 Å². The number of hydrogen-bond donors (Lipinski definition) is 0. The van der Waals surface area contributed by atoms with Gasteiger partial charge in [-0.1, -0.05) is 158 Å². The lowest BCUT2D eigenvalue weighted by Crippen LogP contribution is -1.97. The SMILES string of the molecule is c1ccc(-c2nc3c4c(ccc5c6ccccc6n(-c6cccc(-c7ccc8c9ccccc9c9ccccc9c8c7)c6)c54)ccc3n2-c2ccccc2)cc1. The van der Waals surface area contributed by atoms with Crippen LogP contribution in [0, 0.1) is 0 Å². The van der Waals surface area contributed by atoms with Crippen LogP contribution in [0.2, 0.25) is 0 Å². The molecule has 12 aromatic rings. The van der Waals surface area contributed by atoms with Gasteiger partial charge in [0.2, 0.25) is 0 Å². The van der Waals surface area contributed by atoms with Gasteiger partial charge in [0.05, 0.1) is 22.1 Å². The minimum atomic E-state index is 0.928. The summed E-state index contributed by atoms with van der Waals surface area (Å²) in [6.45, 7) is 0. The molecule has 2 heterocycles. The lowest BCUT2D eigenvalue weighted by molar-refractivity contribution is 1.10. The minimum Gasteiger partial charge on any atom is -0.309 e. The highest BCUT2D eigenvalue weighted by Crippen LogP contribution is 2.42. The Labute approximate surface area is 322 Å². The lowest BCUT2D eigenvalue weighted by atomic mass is 9.92. The average molecular weight is 712 g/mol. The van der Waals surface area contributed by atoms with Crippen LogP contribution in [0.3, 0.4) is 0 Å². The molecule has 3 heteroatoms. The summed E-state index contributed by atoms with van der Waals surface area (Å²) in [5.74, 6) is 0.928. The van der Waals surface area contributed by atoms with Gasteiger partial charge < -0.3 is 4.57 Å². The van der Waals surface area contributed by atoms with E-state index in [0.717, 1.165) is 44.6 Å². The number of fused-ring (bicyclic) bond motifs is 13. The molecule has 2 aromatic heterocycles. The van der Waals surface area contributed by atoms with Gasteiger partial charge in [-0.05, 0) is 91.3 Å². The van der Waals surface area contributed by atoms with Gasteiger partial charge in [0.15, 0.2) is 0 Å². The third-order valence-electron chi connectivity index (χ3n) is 11.7. The Balaban J connectivity index is 1.14. The van der Waals surface area contributed by atoms with E-state index in [1.54, 1.807) is 0 Å². The van der Waals surface area contributed by atoms with Gasteiger partial charge in [-0.2, -0.15) is 0 Å². The van der Waals surface area contributed by atoms with E-state index in [0.29, 0.717) is 0 Å². The predicted octanol–water partition coefficient (Wildman–Crippen LogP) is 14.1. The molecule has 0 unspecified atom stereocenters. The first kappa shape index (κ1) is 30.9. The van der Waals surface area contributed by atoms with E-state index in [1.165, 1.54) is 65.3 Å². The first-order valence-corrected chi connectivity index (χ1v) is 19.2. The van der Waals surface area contributed by atoms with Gasteiger partial charge in [-0.25, -0.2) is 4.98 Å². The fourth-order valence-electron chi connectivity index (χ4n) is 9.20. The quantitative estimate of drug-likeness (QED) is 0.167. The number of imidazole rings is 1. The van der Waals surface area contributed by atoms with Crippen LogP contribution in [0.1, 0.15) is 0 Å². The molecular formula is C53H33N3. The molecule has 0 atom stereocenters. The Bertz CT molecular complexity index is 3480. The predicted molar refractivity (Wildman–Crippen MR) is 236 cm³/mol. The first-order valence-electron chi connectivity index (χ1n) is 19.2. The summed E-state index contributed by atoms with van der Waals surface area (Å²) >= 11 is 0. The van der Waals surface area contributed by atoms with Crippen LogP contribution < -0.4 is 0 Å². The maximum Gasteiger partial charge on any atom is 0.145 e. The smallest absolute Gasteiger partial charge is 0.145 e. The molecular weight excluding hydrogens is 679 g/mol. The number of aromatic nitrogens is 3. The van der Waals surface area contributed by atoms with E-state index in [4.69, 9.17) is 4.98 Å². The standard InChI is InChI=1S/C53H33N3/c1-3-14-35(15-4-1)53-54-51-49(56(53)38-17-5-2-6-18-38)31-28-34-26-30-46-45-24-11-12-25-48(45)55(52(46)50(34)51)39-19-13-16-36(32-39)37-27-29-44-42-22-8-7-20-40(42)41-21-9-10-23-43(41)47(44)33-37/h1-33H. The van der Waals surface area contributed by atoms with Gasteiger partial charge in [-0.15, -0.1) is 0 Å². The summed E-state index contributed by atoms with van der Waals surface area (Å²) in [6.07, 6.45) is 0. The monoisotopic (exact) mass is 711 g/mol. The molecule has 0 radical (unpaired) electrons. The molecule has 260 valence electrons. The zero-order valence-corrected chi connectivity index (χ0v) is 30.4. The number of para-hydroxylation sites is 2. The molecule has 0 amide bonds. The van der Waals surface area contributed by atoms with Crippen LogP contribution in [0.5, 0.6) is 0 Å². The lowest BCUT2D eigenvalue weighted by Gasteiger charge is -2.14. The van der Waals surface area contributed by atoms with Crippen molar-refractivity contribution in [2.75, 3.05) is 0 Å². The second-order valence-corrected chi connectivity index (χ2v) is 14.7. The van der Waals surface area contributed by atoms with E-state index < -0.39 is 0 Å². The number of hydrogen-bond acceptors (Lipinski definition) is 1. The molecule has 0 aliphatic carbocycles. The van der Waals surface area contributed by atoms with E-state index in [9.17, 15) is 0 Å². The van der Waals surface area contributed by atoms with Crippen molar-refractivity contribution in [2.45, 2.75) is 0 Å². The molecule has 0 bridgehead atoms. The van der Waals surface area contributed by atoms with Crippen LogP contribution in [-0.2, 0) is 0 Å². The van der Waals surface area contributed by atoms with Crippen LogP contribution in [-0.4, -0.2) is 14.1 Å². The number of benzene rings is 10. The van der Waals surface area contributed by atoms with E-state index in [2.05, 4.69) is 209 Å². The van der Waals surface area contributed by atoms with Crippen molar-refractivity contribution in [2.24, 2.45) is 0 Å². The van der Waals surface area contributed by atoms with Crippen LogP contribution in [0.15, 0.2) is 200 Å². The topological polar surface area (TPSA) is 22.8 Å². The van der Waals surface area contributed by atoms with E-state index in [-0.39, 0.29) is 0 Å². The van der Waals surface area contributed by atoms with Gasteiger partial charge in [0.25, 0.3) is 0 Å². The molecule has 0 spiro atoms. The van der Waals surface area contributed by atoms with Crippen molar-refractivity contribution in [3.05, 3.63) is 200 Å². The highest BCUT2D eigenvalue weighted by molar-refractivity contribution is 6.26. The fraction of sp³-hybridized carbons (Fsp3) is 0. The summed E-state index contributed by atoms with van der Waals surface area (Å²) in [5.41, 5.74) is 10.1. The normalized spacial score (nSPS) is 11.9. The van der Waals surface area contributed by atoms with Crippen molar-refractivity contribution in [1.82, 2.24) is 14.1 Å². The zero-order chi connectivity index (χ0) is 36.7. The minimum absolute atomic E-state index is 0.928. The zero-order valence-electron chi connectivity index (χ0n) is 30.4. The molecule has 0 saturated heterocycles. The van der Waals surface area contributed by atoms with Crippen molar-refractivity contribution in [3.63, 3.8) is 0 Å². The van der Waals surface area contributed by atoms with Crippen LogP contribution in [0.4, 0.5) is 0 Å². The van der Waals surface area contributed by atoms with Crippen molar-refractivity contribution in [3.8, 4) is 33.9 Å². The van der Waals surface area contributed by atoms with Gasteiger partial charge in [0.1, 0.15) is 5.82 Å². The maximum absolute atomic E-state index is 5.53. The molecule has 3 nitrogen and oxygen atoms in total.